The molecule has 3 aliphatic heterocycles. The molecule has 8 nitrogen and oxygen atoms in total. The second-order valence-corrected chi connectivity index (χ2v) is 8.04. The van der Waals surface area contributed by atoms with Crippen molar-refractivity contribution < 1.29 is 19.2 Å². The standard InChI is InChI=1S/C22H23N3O5/c1-29-17-10-9-13(12-18(17)30-2)19-16-8-5-11-24(16)22(20(19)25(27)28)14-6-3-4-7-15(14)23-21(22)26/h3-4,6-7,9-10,12,16,19-20H,5,8,11H2,1-2H3,(H,23,26)/t16-,19+,20-,22+/m0/s1. The Labute approximate surface area is 173 Å². The summed E-state index contributed by atoms with van der Waals surface area (Å²) < 4.78 is 10.8. The Hall–Kier alpha value is -3.13. The maximum Gasteiger partial charge on any atom is 0.256 e. The maximum absolute atomic E-state index is 13.4. The highest BCUT2D eigenvalue weighted by molar-refractivity contribution is 6.07. The number of nitrogens with one attached hydrogen (secondary N) is 1. The maximum atomic E-state index is 13.4. The van der Waals surface area contributed by atoms with Crippen LogP contribution in [0.25, 0.3) is 0 Å². The van der Waals surface area contributed by atoms with E-state index in [-0.39, 0.29) is 16.9 Å². The third-order valence-electron chi connectivity index (χ3n) is 6.89. The van der Waals surface area contributed by atoms with E-state index in [1.807, 2.05) is 36.4 Å². The molecule has 156 valence electrons. The molecule has 0 radical (unpaired) electrons. The number of carbonyl (C=O) groups is 1. The molecule has 2 aromatic carbocycles. The molecule has 1 spiro atoms. The summed E-state index contributed by atoms with van der Waals surface area (Å²) in [5.74, 6) is 0.345. The molecule has 1 amide bonds. The summed E-state index contributed by atoms with van der Waals surface area (Å²) in [6.45, 7) is 0.653. The summed E-state index contributed by atoms with van der Waals surface area (Å²) in [6, 6.07) is 11.6. The quantitative estimate of drug-likeness (QED) is 0.617. The summed E-state index contributed by atoms with van der Waals surface area (Å²) >= 11 is 0. The van der Waals surface area contributed by atoms with E-state index >= 15 is 0 Å². The van der Waals surface area contributed by atoms with E-state index in [1.54, 1.807) is 20.3 Å². The van der Waals surface area contributed by atoms with Gasteiger partial charge in [0.05, 0.1) is 20.1 Å². The first-order valence-electron chi connectivity index (χ1n) is 10.1. The molecule has 2 aromatic rings. The highest BCUT2D eigenvalue weighted by Crippen LogP contribution is 2.58. The van der Waals surface area contributed by atoms with Crippen LogP contribution in [0.1, 0.15) is 29.9 Å². The van der Waals surface area contributed by atoms with E-state index in [9.17, 15) is 14.9 Å². The number of methoxy groups -OCH3 is 2. The Morgan fingerprint density at radius 1 is 1.17 bits per heavy atom. The third-order valence-corrected chi connectivity index (χ3v) is 6.89. The average Bonchev–Trinajstić information content (AvgIpc) is 3.41. The number of para-hydroxylation sites is 1. The fourth-order valence-corrected chi connectivity index (χ4v) is 5.84. The second-order valence-electron chi connectivity index (χ2n) is 8.04. The topological polar surface area (TPSA) is 93.9 Å². The van der Waals surface area contributed by atoms with E-state index in [1.165, 1.54) is 0 Å². The Morgan fingerprint density at radius 2 is 1.93 bits per heavy atom. The number of nitro groups is 1. The highest BCUT2D eigenvalue weighted by Gasteiger charge is 2.73. The smallest absolute Gasteiger partial charge is 0.256 e. The molecule has 3 heterocycles. The first-order valence-corrected chi connectivity index (χ1v) is 10.1. The van der Waals surface area contributed by atoms with E-state index in [0.29, 0.717) is 29.3 Å². The van der Waals surface area contributed by atoms with Crippen molar-refractivity contribution >= 4 is 11.6 Å². The molecule has 0 aromatic heterocycles. The van der Waals surface area contributed by atoms with Gasteiger partial charge in [-0.15, -0.1) is 0 Å². The van der Waals surface area contributed by atoms with Gasteiger partial charge in [0.15, 0.2) is 17.0 Å². The molecular formula is C22H23N3O5. The predicted octanol–water partition coefficient (Wildman–Crippen LogP) is 2.76. The molecule has 4 atom stereocenters. The van der Waals surface area contributed by atoms with Gasteiger partial charge in [-0.3, -0.25) is 19.8 Å². The van der Waals surface area contributed by atoms with Crippen LogP contribution in [0.5, 0.6) is 11.5 Å². The Morgan fingerprint density at radius 3 is 2.67 bits per heavy atom. The molecule has 30 heavy (non-hydrogen) atoms. The molecule has 0 aliphatic carbocycles. The molecule has 2 saturated heterocycles. The van der Waals surface area contributed by atoms with Crippen LogP contribution in [-0.4, -0.2) is 48.6 Å². The number of benzene rings is 2. The summed E-state index contributed by atoms with van der Waals surface area (Å²) in [7, 11) is 3.10. The lowest BCUT2D eigenvalue weighted by molar-refractivity contribution is -0.534. The van der Waals surface area contributed by atoms with Gasteiger partial charge in [0.25, 0.3) is 11.9 Å². The lowest BCUT2D eigenvalue weighted by Crippen LogP contribution is -2.55. The number of amides is 1. The normalized spacial score (nSPS) is 29.5. The van der Waals surface area contributed by atoms with E-state index in [4.69, 9.17) is 9.47 Å². The van der Waals surface area contributed by atoms with Gasteiger partial charge in [-0.1, -0.05) is 24.3 Å². The fraction of sp³-hybridized carbons (Fsp3) is 0.409. The van der Waals surface area contributed by atoms with Crippen LogP contribution in [0.2, 0.25) is 0 Å². The molecular weight excluding hydrogens is 386 g/mol. The van der Waals surface area contributed by atoms with Gasteiger partial charge in [0.2, 0.25) is 0 Å². The van der Waals surface area contributed by atoms with Crippen LogP contribution < -0.4 is 14.8 Å². The zero-order valence-corrected chi connectivity index (χ0v) is 16.8. The molecule has 8 heteroatoms. The minimum absolute atomic E-state index is 0.101. The van der Waals surface area contributed by atoms with Crippen molar-refractivity contribution in [1.29, 1.82) is 0 Å². The van der Waals surface area contributed by atoms with Crippen LogP contribution in [0.3, 0.4) is 0 Å². The van der Waals surface area contributed by atoms with Crippen LogP contribution in [-0.2, 0) is 10.3 Å². The van der Waals surface area contributed by atoms with Crippen molar-refractivity contribution in [2.45, 2.75) is 36.4 Å². The van der Waals surface area contributed by atoms with Crippen LogP contribution in [0, 0.1) is 10.1 Å². The van der Waals surface area contributed by atoms with Crippen molar-refractivity contribution in [2.75, 3.05) is 26.1 Å². The second kappa shape index (κ2) is 6.70. The zero-order valence-electron chi connectivity index (χ0n) is 16.8. The molecule has 0 unspecified atom stereocenters. The van der Waals surface area contributed by atoms with Crippen molar-refractivity contribution in [1.82, 2.24) is 4.90 Å². The monoisotopic (exact) mass is 409 g/mol. The van der Waals surface area contributed by atoms with Gasteiger partial charge in [0.1, 0.15) is 0 Å². The fourth-order valence-electron chi connectivity index (χ4n) is 5.84. The lowest BCUT2D eigenvalue weighted by Gasteiger charge is -2.32. The number of anilines is 1. The van der Waals surface area contributed by atoms with Crippen LogP contribution >= 0.6 is 0 Å². The number of carbonyl (C=O) groups excluding carboxylic acids is 1. The minimum Gasteiger partial charge on any atom is -0.493 e. The molecule has 5 rings (SSSR count). The number of fused-ring (bicyclic) bond motifs is 4. The summed E-state index contributed by atoms with van der Waals surface area (Å²) in [5, 5.41) is 15.5. The minimum atomic E-state index is -1.31. The van der Waals surface area contributed by atoms with E-state index < -0.39 is 17.5 Å². The van der Waals surface area contributed by atoms with Gasteiger partial charge in [-0.25, -0.2) is 0 Å². The SMILES string of the molecule is COc1ccc([C@H]2[C@H]([N+](=O)[O-])[C@]3(C(=O)Nc4ccccc43)N3CCC[C@@H]23)cc1OC. The molecule has 0 saturated carbocycles. The first-order chi connectivity index (χ1) is 14.5. The molecule has 0 bridgehead atoms. The zero-order chi connectivity index (χ0) is 21.0. The van der Waals surface area contributed by atoms with Crippen LogP contribution in [0.4, 0.5) is 5.69 Å². The van der Waals surface area contributed by atoms with Crippen molar-refractivity contribution in [3.05, 3.63) is 63.7 Å². The van der Waals surface area contributed by atoms with Gasteiger partial charge in [-0.05, 0) is 36.6 Å². The van der Waals surface area contributed by atoms with Gasteiger partial charge in [-0.2, -0.15) is 0 Å². The molecule has 2 fully saturated rings. The highest BCUT2D eigenvalue weighted by atomic mass is 16.6. The van der Waals surface area contributed by atoms with Gasteiger partial charge < -0.3 is 14.8 Å². The van der Waals surface area contributed by atoms with Crippen molar-refractivity contribution in [3.63, 3.8) is 0 Å². The van der Waals surface area contributed by atoms with Gasteiger partial charge >= 0.3 is 0 Å². The Kier molecular flexibility index (Phi) is 4.21. The average molecular weight is 409 g/mol. The number of nitrogens with zero attached hydrogens (tertiary/aromatic N) is 2. The van der Waals surface area contributed by atoms with Crippen molar-refractivity contribution in [2.24, 2.45) is 0 Å². The Balaban J connectivity index is 1.73. The van der Waals surface area contributed by atoms with E-state index in [0.717, 1.165) is 18.4 Å². The van der Waals surface area contributed by atoms with Crippen molar-refractivity contribution in [3.8, 4) is 11.5 Å². The molecule has 3 aliphatic rings. The predicted molar refractivity (Wildman–Crippen MR) is 110 cm³/mol. The molecule has 1 N–H and O–H groups in total. The number of rotatable bonds is 4. The van der Waals surface area contributed by atoms with E-state index in [2.05, 4.69) is 10.2 Å². The largest absolute Gasteiger partial charge is 0.493 e. The third kappa shape index (κ3) is 2.28. The number of hydrogen-bond donors (Lipinski definition) is 1. The summed E-state index contributed by atoms with van der Waals surface area (Å²) in [4.78, 5) is 27.8. The summed E-state index contributed by atoms with van der Waals surface area (Å²) in [5.41, 5.74) is 0.846. The van der Waals surface area contributed by atoms with Crippen LogP contribution in [0.15, 0.2) is 42.5 Å². The lowest BCUT2D eigenvalue weighted by atomic mass is 9.77. The number of ether oxygens (including phenoxy) is 2. The van der Waals surface area contributed by atoms with Gasteiger partial charge in [0, 0.05) is 28.8 Å². The Bertz CT molecular complexity index is 1040. The summed E-state index contributed by atoms with van der Waals surface area (Å²) in [6.07, 6.45) is 1.70. The number of hydrogen-bond acceptors (Lipinski definition) is 6. The first kappa shape index (κ1) is 18.9.